The van der Waals surface area contributed by atoms with Gasteiger partial charge in [0.2, 0.25) is 0 Å². The van der Waals surface area contributed by atoms with Gasteiger partial charge in [0.25, 0.3) is 0 Å². The molecule has 0 radical (unpaired) electrons. The minimum atomic E-state index is -1.05. The molecule has 1 fully saturated rings. The molecule has 0 aromatic carbocycles. The summed E-state index contributed by atoms with van der Waals surface area (Å²) in [6.45, 7) is 7.38. The normalized spacial score (nSPS) is 29.4. The summed E-state index contributed by atoms with van der Waals surface area (Å²) in [6, 6.07) is -1.63. The summed E-state index contributed by atoms with van der Waals surface area (Å²) in [5, 5.41) is 11.0. The molecule has 0 spiro atoms. The van der Waals surface area contributed by atoms with Crippen LogP contribution in [0.25, 0.3) is 0 Å². The summed E-state index contributed by atoms with van der Waals surface area (Å²) in [5.41, 5.74) is 2.58. The first-order valence-electron chi connectivity index (χ1n) is 7.99. The summed E-state index contributed by atoms with van der Waals surface area (Å²) in [7, 11) is 0. The highest BCUT2D eigenvalue weighted by Gasteiger charge is 2.48. The predicted octanol–water partition coefficient (Wildman–Crippen LogP) is 0.480. The zero-order valence-electron chi connectivity index (χ0n) is 14.4. The summed E-state index contributed by atoms with van der Waals surface area (Å²) in [6.07, 6.45) is 1.81. The smallest absolute Gasteiger partial charge is 0.334 e. The fourth-order valence-electron chi connectivity index (χ4n) is 3.02. The van der Waals surface area contributed by atoms with Gasteiger partial charge in [0.05, 0.1) is 6.61 Å². The van der Waals surface area contributed by atoms with Crippen LogP contribution in [-0.4, -0.2) is 58.9 Å². The van der Waals surface area contributed by atoms with E-state index in [-0.39, 0.29) is 19.6 Å². The maximum atomic E-state index is 12.3. The number of aliphatic carboxylic acids is 1. The lowest BCUT2D eigenvalue weighted by molar-refractivity contribution is -0.167. The minimum Gasteiger partial charge on any atom is -0.480 e. The van der Waals surface area contributed by atoms with E-state index >= 15 is 0 Å². The summed E-state index contributed by atoms with van der Waals surface area (Å²) >= 11 is 0. The molecule has 2 heterocycles. The molecular formula is C16H24N2O6. The van der Waals surface area contributed by atoms with Gasteiger partial charge in [-0.05, 0) is 34.1 Å². The van der Waals surface area contributed by atoms with Crippen LogP contribution in [-0.2, 0) is 23.9 Å². The molecule has 0 amide bonds. The molecule has 2 N–H and O–H groups in total. The number of nitrogens with zero attached hydrogens (tertiary/aromatic N) is 1. The second kappa shape index (κ2) is 6.90. The zero-order chi connectivity index (χ0) is 18.1. The molecule has 1 saturated heterocycles. The third-order valence-electron chi connectivity index (χ3n) is 3.89. The van der Waals surface area contributed by atoms with Crippen LogP contribution < -0.4 is 5.43 Å². The van der Waals surface area contributed by atoms with Crippen LogP contribution in [0, 0.1) is 5.92 Å². The molecule has 0 aromatic rings. The number of carbonyl (C=O) groups is 3. The van der Waals surface area contributed by atoms with Gasteiger partial charge >= 0.3 is 17.9 Å². The first kappa shape index (κ1) is 18.4. The van der Waals surface area contributed by atoms with E-state index in [2.05, 4.69) is 5.43 Å². The van der Waals surface area contributed by atoms with Crippen LogP contribution in [0.3, 0.4) is 0 Å². The Hall–Kier alpha value is -1.93. The SMILES string of the molecule is CCOC(=O)C1=CCN2NC(C(=O)OC(C)(C)C)CC1C2C(=O)O. The number of carboxylic acid groups (broad SMARTS) is 1. The van der Waals surface area contributed by atoms with E-state index in [0.717, 1.165) is 0 Å². The average Bonchev–Trinajstić information content (AvgIpc) is 2.44. The van der Waals surface area contributed by atoms with Crippen molar-refractivity contribution in [1.29, 1.82) is 0 Å². The van der Waals surface area contributed by atoms with Crippen molar-refractivity contribution in [3.8, 4) is 0 Å². The van der Waals surface area contributed by atoms with Gasteiger partial charge in [-0.2, -0.15) is 0 Å². The van der Waals surface area contributed by atoms with Gasteiger partial charge in [-0.3, -0.25) is 9.59 Å². The Balaban J connectivity index is 2.24. The van der Waals surface area contributed by atoms with Crippen molar-refractivity contribution < 1.29 is 29.0 Å². The van der Waals surface area contributed by atoms with E-state index in [1.165, 1.54) is 5.01 Å². The monoisotopic (exact) mass is 340 g/mol. The fraction of sp³-hybridized carbons (Fsp3) is 0.688. The molecule has 2 aliphatic heterocycles. The van der Waals surface area contributed by atoms with Gasteiger partial charge in [-0.15, -0.1) is 0 Å². The van der Waals surface area contributed by atoms with Gasteiger partial charge in [0.15, 0.2) is 0 Å². The second-order valence-corrected chi connectivity index (χ2v) is 6.87. The molecule has 0 aliphatic carbocycles. The average molecular weight is 340 g/mol. The second-order valence-electron chi connectivity index (χ2n) is 6.87. The topological polar surface area (TPSA) is 105 Å². The number of rotatable bonds is 4. The van der Waals surface area contributed by atoms with Gasteiger partial charge in [0, 0.05) is 18.0 Å². The van der Waals surface area contributed by atoms with E-state index in [1.807, 2.05) is 0 Å². The number of carboxylic acids is 1. The number of esters is 2. The highest BCUT2D eigenvalue weighted by atomic mass is 16.6. The van der Waals surface area contributed by atoms with Gasteiger partial charge in [-0.25, -0.2) is 15.2 Å². The molecule has 0 saturated carbocycles. The van der Waals surface area contributed by atoms with Crippen molar-refractivity contribution in [2.75, 3.05) is 13.2 Å². The van der Waals surface area contributed by atoms with Crippen LogP contribution >= 0.6 is 0 Å². The first-order valence-corrected chi connectivity index (χ1v) is 7.99. The van der Waals surface area contributed by atoms with Crippen molar-refractivity contribution in [2.45, 2.75) is 51.8 Å². The molecule has 8 nitrogen and oxygen atoms in total. The predicted molar refractivity (Wildman–Crippen MR) is 83.7 cm³/mol. The first-order chi connectivity index (χ1) is 11.1. The number of hydrogen-bond donors (Lipinski definition) is 2. The summed E-state index contributed by atoms with van der Waals surface area (Å²) in [5.74, 6) is -2.68. The number of hydrogen-bond acceptors (Lipinski definition) is 7. The number of carbonyl (C=O) groups excluding carboxylic acids is 2. The number of hydrazine groups is 1. The Kier molecular flexibility index (Phi) is 5.29. The Labute approximate surface area is 140 Å². The lowest BCUT2D eigenvalue weighted by Crippen LogP contribution is -2.65. The van der Waals surface area contributed by atoms with Gasteiger partial charge < -0.3 is 14.6 Å². The summed E-state index contributed by atoms with van der Waals surface area (Å²) in [4.78, 5) is 36.1. The zero-order valence-corrected chi connectivity index (χ0v) is 14.4. The van der Waals surface area contributed by atoms with Crippen molar-refractivity contribution in [2.24, 2.45) is 5.92 Å². The summed E-state index contributed by atoms with van der Waals surface area (Å²) < 4.78 is 10.4. The van der Waals surface area contributed by atoms with Gasteiger partial charge in [-0.1, -0.05) is 6.08 Å². The van der Waals surface area contributed by atoms with E-state index in [0.29, 0.717) is 5.57 Å². The van der Waals surface area contributed by atoms with Crippen molar-refractivity contribution >= 4 is 17.9 Å². The largest absolute Gasteiger partial charge is 0.480 e. The Bertz CT molecular complexity index is 565. The number of ether oxygens (including phenoxy) is 2. The van der Waals surface area contributed by atoms with E-state index in [9.17, 15) is 19.5 Å². The highest BCUT2D eigenvalue weighted by molar-refractivity contribution is 5.92. The van der Waals surface area contributed by atoms with Crippen molar-refractivity contribution in [3.05, 3.63) is 11.6 Å². The molecule has 2 rings (SSSR count). The highest BCUT2D eigenvalue weighted by Crippen LogP contribution is 2.33. The Morgan fingerprint density at radius 1 is 1.38 bits per heavy atom. The molecule has 8 heteroatoms. The lowest BCUT2D eigenvalue weighted by atomic mass is 9.80. The Morgan fingerprint density at radius 2 is 2.04 bits per heavy atom. The third kappa shape index (κ3) is 3.93. The quantitative estimate of drug-likeness (QED) is 0.712. The van der Waals surface area contributed by atoms with Crippen LogP contribution in [0.15, 0.2) is 11.6 Å². The van der Waals surface area contributed by atoms with Crippen LogP contribution in [0.1, 0.15) is 34.1 Å². The van der Waals surface area contributed by atoms with Crippen molar-refractivity contribution in [1.82, 2.24) is 10.4 Å². The fourth-order valence-corrected chi connectivity index (χ4v) is 3.02. The maximum Gasteiger partial charge on any atom is 0.334 e. The molecular weight excluding hydrogens is 316 g/mol. The van der Waals surface area contributed by atoms with Crippen LogP contribution in [0.5, 0.6) is 0 Å². The van der Waals surface area contributed by atoms with E-state index in [4.69, 9.17) is 9.47 Å². The molecule has 24 heavy (non-hydrogen) atoms. The molecule has 2 aliphatic rings. The van der Waals surface area contributed by atoms with Gasteiger partial charge in [0.1, 0.15) is 17.7 Å². The maximum absolute atomic E-state index is 12.3. The minimum absolute atomic E-state index is 0.160. The molecule has 4 atom stereocenters. The molecule has 4 unspecified atom stereocenters. The van der Waals surface area contributed by atoms with E-state index in [1.54, 1.807) is 33.8 Å². The van der Waals surface area contributed by atoms with Crippen molar-refractivity contribution in [3.63, 3.8) is 0 Å². The van der Waals surface area contributed by atoms with Crippen LogP contribution in [0.4, 0.5) is 0 Å². The molecule has 134 valence electrons. The van der Waals surface area contributed by atoms with Crippen LogP contribution in [0.2, 0.25) is 0 Å². The standard InChI is InChI=1S/C16H24N2O6/c1-5-23-14(21)9-6-7-18-12(13(19)20)10(9)8-11(17-18)15(22)24-16(2,3)4/h6,10-12,17H,5,7-8H2,1-4H3,(H,19,20). The molecule has 2 bridgehead atoms. The number of nitrogens with one attached hydrogen (secondary N) is 1. The van der Waals surface area contributed by atoms with E-state index < -0.39 is 41.5 Å². The Morgan fingerprint density at radius 3 is 2.58 bits per heavy atom. The molecule has 0 aromatic heterocycles. The number of fused-ring (bicyclic) bond motifs is 2. The third-order valence-corrected chi connectivity index (χ3v) is 3.89. The lowest BCUT2D eigenvalue weighted by Gasteiger charge is -2.45.